The average molecular weight is 778 g/mol. The number of nitrogens with one attached hydrogen (secondary N) is 1. The van der Waals surface area contributed by atoms with Crippen molar-refractivity contribution in [3.05, 3.63) is 137 Å². The van der Waals surface area contributed by atoms with Crippen molar-refractivity contribution in [1.82, 2.24) is 20.0 Å². The molecule has 10 nitrogen and oxygen atoms in total. The molecule has 2 N–H and O–H groups in total. The molecule has 5 heterocycles. The van der Waals surface area contributed by atoms with Crippen LogP contribution >= 0.6 is 0 Å². The second-order valence-corrected chi connectivity index (χ2v) is 17.2. The highest BCUT2D eigenvalue weighted by Crippen LogP contribution is 2.47. The standard InChI is InChI=1S/C48H51N5O5/c1-30-7-18-44(46(55)49-30)53-47(56)42-16-11-35(27-43(42)48(53)57)52-29-36-26-37(52)28-51(36)34-19-21-50(22-20-34)23-24-58-39-13-8-32(9-14-39)45-40(31-5-3-2-4-6-31)15-10-33-25-38(54)12-17-41(33)45/h2-6,8-9,11-14,16-17,25,27,34,36-37,40,44-45,54H,1,7,10,15,18-24,26,28-29H2,(H,49,55)/t36-,37-,40-,44?,45+/m1/s1. The van der Waals surface area contributed by atoms with Gasteiger partial charge in [-0.15, -0.1) is 0 Å². The minimum absolute atomic E-state index is 0.221. The molecule has 2 bridgehead atoms. The van der Waals surface area contributed by atoms with Gasteiger partial charge in [0, 0.05) is 55.1 Å². The first-order chi connectivity index (χ1) is 28.3. The minimum atomic E-state index is -0.799. The van der Waals surface area contributed by atoms with Gasteiger partial charge in [0.05, 0.1) is 11.1 Å². The first-order valence-corrected chi connectivity index (χ1v) is 21.1. The zero-order chi connectivity index (χ0) is 39.5. The van der Waals surface area contributed by atoms with Gasteiger partial charge >= 0.3 is 0 Å². The second-order valence-electron chi connectivity index (χ2n) is 17.2. The Morgan fingerprint density at radius 1 is 0.759 bits per heavy atom. The maximum absolute atomic E-state index is 13.5. The number of hydrogen-bond acceptors (Lipinski definition) is 8. The summed E-state index contributed by atoms with van der Waals surface area (Å²) >= 11 is 0. The van der Waals surface area contributed by atoms with E-state index in [4.69, 9.17) is 4.74 Å². The monoisotopic (exact) mass is 777 g/mol. The lowest BCUT2D eigenvalue weighted by molar-refractivity contribution is -0.125. The summed E-state index contributed by atoms with van der Waals surface area (Å²) in [4.78, 5) is 48.3. The largest absolute Gasteiger partial charge is 0.508 e. The number of nitrogens with zero attached hydrogens (tertiary/aromatic N) is 4. The van der Waals surface area contributed by atoms with E-state index in [2.05, 4.69) is 87.3 Å². The predicted octanol–water partition coefficient (Wildman–Crippen LogP) is 6.45. The van der Waals surface area contributed by atoms with Crippen molar-refractivity contribution >= 4 is 23.4 Å². The number of imide groups is 1. The zero-order valence-corrected chi connectivity index (χ0v) is 32.9. The molecule has 0 saturated carbocycles. The third kappa shape index (κ3) is 6.66. The highest BCUT2D eigenvalue weighted by molar-refractivity contribution is 6.23. The maximum atomic E-state index is 13.5. The van der Waals surface area contributed by atoms with Crippen LogP contribution in [0.1, 0.15) is 93.3 Å². The Morgan fingerprint density at radius 2 is 1.55 bits per heavy atom. The number of rotatable bonds is 9. The Morgan fingerprint density at radius 3 is 2.31 bits per heavy atom. The molecule has 298 valence electrons. The summed E-state index contributed by atoms with van der Waals surface area (Å²) in [6, 6.07) is 31.6. The summed E-state index contributed by atoms with van der Waals surface area (Å²) in [6.07, 6.45) is 6.36. The summed E-state index contributed by atoms with van der Waals surface area (Å²) in [5.41, 5.74) is 7.56. The third-order valence-corrected chi connectivity index (χ3v) is 13.9. The highest BCUT2D eigenvalue weighted by Gasteiger charge is 2.48. The Balaban J connectivity index is 0.710. The maximum Gasteiger partial charge on any atom is 0.262 e. The van der Waals surface area contributed by atoms with Gasteiger partial charge in [-0.25, -0.2) is 0 Å². The molecule has 0 spiro atoms. The van der Waals surface area contributed by atoms with Crippen LogP contribution < -0.4 is 15.0 Å². The molecule has 1 unspecified atom stereocenters. The Labute approximate surface area is 340 Å². The molecule has 0 aromatic heterocycles. The number of amides is 3. The van der Waals surface area contributed by atoms with Crippen LogP contribution in [0.3, 0.4) is 0 Å². The number of phenolic OH excluding ortho intramolecular Hbond substituents is 1. The number of ether oxygens (including phenoxy) is 1. The van der Waals surface area contributed by atoms with Crippen molar-refractivity contribution in [3.8, 4) is 11.5 Å². The fourth-order valence-electron chi connectivity index (χ4n) is 11.0. The summed E-state index contributed by atoms with van der Waals surface area (Å²) in [6.45, 7) is 9.43. The number of likely N-dealkylation sites (tertiary alicyclic amines) is 2. The summed E-state index contributed by atoms with van der Waals surface area (Å²) in [5, 5.41) is 12.9. The molecule has 10 rings (SSSR count). The van der Waals surface area contributed by atoms with Gasteiger partial charge in [-0.05, 0) is 129 Å². The number of aryl methyl sites for hydroxylation is 1. The van der Waals surface area contributed by atoms with E-state index in [0.717, 1.165) is 81.2 Å². The number of aromatic hydroxyl groups is 1. The molecule has 4 saturated heterocycles. The lowest BCUT2D eigenvalue weighted by Gasteiger charge is -2.43. The molecule has 1 aliphatic carbocycles. The van der Waals surface area contributed by atoms with Crippen molar-refractivity contribution in [1.29, 1.82) is 0 Å². The first kappa shape index (κ1) is 36.9. The molecule has 0 radical (unpaired) electrons. The van der Waals surface area contributed by atoms with Crippen molar-refractivity contribution in [2.45, 2.75) is 80.9 Å². The molecule has 4 fully saturated rings. The van der Waals surface area contributed by atoms with E-state index in [1.54, 1.807) is 6.07 Å². The molecule has 5 aliphatic heterocycles. The highest BCUT2D eigenvalue weighted by atomic mass is 16.5. The van der Waals surface area contributed by atoms with Crippen LogP contribution in [0.2, 0.25) is 0 Å². The van der Waals surface area contributed by atoms with Crippen LogP contribution in [0.25, 0.3) is 0 Å². The van der Waals surface area contributed by atoms with Crippen LogP contribution in [-0.2, 0) is 11.2 Å². The van der Waals surface area contributed by atoms with Gasteiger partial charge in [-0.1, -0.05) is 55.1 Å². The molecular weight excluding hydrogens is 727 g/mol. The van der Waals surface area contributed by atoms with E-state index in [1.807, 2.05) is 24.3 Å². The van der Waals surface area contributed by atoms with Gasteiger partial charge in [-0.3, -0.25) is 29.1 Å². The fraction of sp³-hybridized carbons (Fsp3) is 0.396. The smallest absolute Gasteiger partial charge is 0.262 e. The van der Waals surface area contributed by atoms with E-state index in [-0.39, 0.29) is 23.6 Å². The molecule has 58 heavy (non-hydrogen) atoms. The first-order valence-electron chi connectivity index (χ1n) is 21.1. The number of phenols is 1. The number of carbonyl (C=O) groups excluding carboxylic acids is 3. The molecule has 10 heteroatoms. The summed E-state index contributed by atoms with van der Waals surface area (Å²) in [5.74, 6) is 0.722. The molecule has 4 aromatic carbocycles. The van der Waals surface area contributed by atoms with E-state index in [1.165, 1.54) is 22.3 Å². The van der Waals surface area contributed by atoms with E-state index in [9.17, 15) is 19.5 Å². The van der Waals surface area contributed by atoms with Crippen LogP contribution in [0.5, 0.6) is 11.5 Å². The fourth-order valence-corrected chi connectivity index (χ4v) is 11.0. The van der Waals surface area contributed by atoms with Gasteiger partial charge in [0.1, 0.15) is 24.1 Å². The van der Waals surface area contributed by atoms with Gasteiger partial charge in [0.25, 0.3) is 11.8 Å². The molecule has 6 aliphatic rings. The zero-order valence-electron chi connectivity index (χ0n) is 32.9. The Bertz CT molecular complexity index is 2250. The topological polar surface area (TPSA) is 106 Å². The SMILES string of the molecule is C=C1CCC(N2C(=O)c3ccc(N4C[C@H]5C[C@@H]4CN5C4CCN(CCOc5ccc([C@@H]6c7ccc(O)cc7CC[C@@H]6c6ccccc6)cc5)CC4)cc3C2=O)C(=O)N1. The van der Waals surface area contributed by atoms with Gasteiger partial charge < -0.3 is 20.1 Å². The number of anilines is 1. The molecule has 3 amide bonds. The number of piperidine rings is 2. The number of benzene rings is 4. The van der Waals surface area contributed by atoms with Crippen molar-refractivity contribution in [2.75, 3.05) is 44.2 Å². The van der Waals surface area contributed by atoms with Crippen molar-refractivity contribution in [2.24, 2.45) is 0 Å². The number of allylic oxidation sites excluding steroid dienone is 1. The Kier molecular flexibility index (Phi) is 9.57. The van der Waals surface area contributed by atoms with E-state index >= 15 is 0 Å². The predicted molar refractivity (Wildman–Crippen MR) is 222 cm³/mol. The molecular formula is C48H51N5O5. The third-order valence-electron chi connectivity index (χ3n) is 13.9. The number of carbonyl (C=O) groups is 3. The quantitative estimate of drug-likeness (QED) is 0.187. The summed E-state index contributed by atoms with van der Waals surface area (Å²) < 4.78 is 6.30. The van der Waals surface area contributed by atoms with Gasteiger partial charge in [0.2, 0.25) is 5.91 Å². The lowest BCUT2D eigenvalue weighted by Crippen LogP contribution is -2.53. The average Bonchev–Trinajstić information content (AvgIpc) is 3.93. The second kappa shape index (κ2) is 15.1. The van der Waals surface area contributed by atoms with E-state index in [0.29, 0.717) is 66.1 Å². The van der Waals surface area contributed by atoms with E-state index < -0.39 is 6.04 Å². The minimum Gasteiger partial charge on any atom is -0.508 e. The van der Waals surface area contributed by atoms with Gasteiger partial charge in [-0.2, -0.15) is 0 Å². The normalized spacial score (nSPS) is 26.2. The molecule has 5 atom stereocenters. The summed E-state index contributed by atoms with van der Waals surface area (Å²) in [7, 11) is 0. The molecule has 4 aromatic rings. The van der Waals surface area contributed by atoms with Crippen molar-refractivity contribution in [3.63, 3.8) is 0 Å². The van der Waals surface area contributed by atoms with Crippen LogP contribution in [-0.4, -0.2) is 101 Å². The van der Waals surface area contributed by atoms with Gasteiger partial charge in [0.15, 0.2) is 0 Å². The van der Waals surface area contributed by atoms with Crippen molar-refractivity contribution < 1.29 is 24.2 Å². The Hall–Kier alpha value is -5.45. The van der Waals surface area contributed by atoms with Crippen LogP contribution in [0.15, 0.2) is 103 Å². The number of hydrogen-bond donors (Lipinski definition) is 2. The number of fused-ring (bicyclic) bond motifs is 4. The lowest BCUT2D eigenvalue weighted by atomic mass is 9.69. The number of piperazine rings is 1. The van der Waals surface area contributed by atoms with Crippen LogP contribution in [0, 0.1) is 0 Å². The van der Waals surface area contributed by atoms with Crippen LogP contribution in [0.4, 0.5) is 5.69 Å².